The van der Waals surface area contributed by atoms with Crippen LogP contribution in [0.4, 0.5) is 0 Å². The molecule has 2 atom stereocenters. The SMILES string of the molecule is CCCNC(CC)CCCCCC(N)(N)C(CC)NCCC. The highest BCUT2D eigenvalue weighted by atomic mass is 15.1. The summed E-state index contributed by atoms with van der Waals surface area (Å²) in [6.07, 6.45) is 10.3. The van der Waals surface area contributed by atoms with E-state index in [1.54, 1.807) is 0 Å². The van der Waals surface area contributed by atoms with Gasteiger partial charge in [0.25, 0.3) is 0 Å². The van der Waals surface area contributed by atoms with Crippen LogP contribution in [0.25, 0.3) is 0 Å². The van der Waals surface area contributed by atoms with Crippen molar-refractivity contribution in [2.75, 3.05) is 13.1 Å². The molecule has 0 aromatic carbocycles. The Kier molecular flexibility index (Phi) is 13.2. The van der Waals surface area contributed by atoms with Gasteiger partial charge in [0, 0.05) is 12.1 Å². The van der Waals surface area contributed by atoms with Crippen molar-refractivity contribution in [1.29, 1.82) is 0 Å². The third kappa shape index (κ3) is 9.78. The van der Waals surface area contributed by atoms with E-state index in [1.807, 2.05) is 0 Å². The summed E-state index contributed by atoms with van der Waals surface area (Å²) < 4.78 is 0. The van der Waals surface area contributed by atoms with Crippen LogP contribution in [-0.2, 0) is 0 Å². The highest BCUT2D eigenvalue weighted by Crippen LogP contribution is 2.15. The zero-order valence-electron chi connectivity index (χ0n) is 15.6. The molecule has 0 aliphatic rings. The Balaban J connectivity index is 3.91. The summed E-state index contributed by atoms with van der Waals surface area (Å²) in [6.45, 7) is 10.9. The van der Waals surface area contributed by atoms with E-state index >= 15 is 0 Å². The summed E-state index contributed by atoms with van der Waals surface area (Å²) in [5, 5.41) is 7.11. The fourth-order valence-electron chi connectivity index (χ4n) is 3.00. The van der Waals surface area contributed by atoms with Crippen molar-refractivity contribution in [2.45, 2.75) is 103 Å². The molecular formula is C18H42N4. The van der Waals surface area contributed by atoms with Gasteiger partial charge in [-0.25, -0.2) is 0 Å². The Morgan fingerprint density at radius 1 is 0.818 bits per heavy atom. The Labute approximate surface area is 139 Å². The molecular weight excluding hydrogens is 272 g/mol. The average Bonchev–Trinajstić information content (AvgIpc) is 2.50. The molecule has 0 aliphatic heterocycles. The van der Waals surface area contributed by atoms with Gasteiger partial charge in [0.1, 0.15) is 0 Å². The summed E-state index contributed by atoms with van der Waals surface area (Å²) in [7, 11) is 0. The quantitative estimate of drug-likeness (QED) is 0.277. The second kappa shape index (κ2) is 13.3. The van der Waals surface area contributed by atoms with Crippen molar-refractivity contribution in [3.05, 3.63) is 0 Å². The lowest BCUT2D eigenvalue weighted by atomic mass is 9.92. The monoisotopic (exact) mass is 314 g/mol. The fraction of sp³-hybridized carbons (Fsp3) is 1.00. The summed E-state index contributed by atoms with van der Waals surface area (Å²) in [5.74, 6) is 0. The minimum atomic E-state index is -0.575. The van der Waals surface area contributed by atoms with E-state index in [-0.39, 0.29) is 6.04 Å². The molecule has 0 spiro atoms. The van der Waals surface area contributed by atoms with E-state index in [1.165, 1.54) is 32.1 Å². The minimum Gasteiger partial charge on any atom is -0.314 e. The summed E-state index contributed by atoms with van der Waals surface area (Å²) in [5.41, 5.74) is 12.1. The van der Waals surface area contributed by atoms with Crippen LogP contribution in [0, 0.1) is 0 Å². The summed E-state index contributed by atoms with van der Waals surface area (Å²) >= 11 is 0. The topological polar surface area (TPSA) is 76.1 Å². The first kappa shape index (κ1) is 21.8. The van der Waals surface area contributed by atoms with Crippen LogP contribution in [0.3, 0.4) is 0 Å². The van der Waals surface area contributed by atoms with Gasteiger partial charge in [-0.3, -0.25) is 0 Å². The molecule has 0 bridgehead atoms. The molecule has 2 unspecified atom stereocenters. The van der Waals surface area contributed by atoms with Crippen LogP contribution < -0.4 is 22.1 Å². The molecule has 0 aromatic rings. The molecule has 0 saturated heterocycles. The van der Waals surface area contributed by atoms with Crippen LogP contribution in [0.5, 0.6) is 0 Å². The Morgan fingerprint density at radius 3 is 2.00 bits per heavy atom. The van der Waals surface area contributed by atoms with Gasteiger partial charge in [-0.1, -0.05) is 47.0 Å². The van der Waals surface area contributed by atoms with Crippen molar-refractivity contribution in [2.24, 2.45) is 11.5 Å². The number of nitrogens with two attached hydrogens (primary N) is 2. The molecule has 0 fully saturated rings. The molecule has 22 heavy (non-hydrogen) atoms. The molecule has 0 radical (unpaired) electrons. The maximum Gasteiger partial charge on any atom is 0.0794 e. The van der Waals surface area contributed by atoms with Gasteiger partial charge in [-0.15, -0.1) is 0 Å². The van der Waals surface area contributed by atoms with Crippen LogP contribution >= 0.6 is 0 Å². The van der Waals surface area contributed by atoms with Crippen LogP contribution in [0.15, 0.2) is 0 Å². The first-order valence-corrected chi connectivity index (χ1v) is 9.56. The minimum absolute atomic E-state index is 0.224. The Morgan fingerprint density at radius 2 is 1.45 bits per heavy atom. The fourth-order valence-corrected chi connectivity index (χ4v) is 3.00. The van der Waals surface area contributed by atoms with Crippen molar-refractivity contribution in [3.63, 3.8) is 0 Å². The predicted molar refractivity (Wildman–Crippen MR) is 98.9 cm³/mol. The number of nitrogens with one attached hydrogen (secondary N) is 2. The van der Waals surface area contributed by atoms with E-state index in [9.17, 15) is 0 Å². The molecule has 4 heteroatoms. The maximum absolute atomic E-state index is 6.35. The predicted octanol–water partition coefficient (Wildman–Crippen LogP) is 3.11. The molecule has 0 aromatic heterocycles. The molecule has 134 valence electrons. The summed E-state index contributed by atoms with van der Waals surface area (Å²) in [6, 6.07) is 0.900. The third-order valence-electron chi connectivity index (χ3n) is 4.54. The smallest absolute Gasteiger partial charge is 0.0794 e. The highest BCUT2D eigenvalue weighted by Gasteiger charge is 2.28. The van der Waals surface area contributed by atoms with Crippen LogP contribution in [0.1, 0.15) is 85.5 Å². The normalized spacial score (nSPS) is 15.0. The summed E-state index contributed by atoms with van der Waals surface area (Å²) in [4.78, 5) is 0. The maximum atomic E-state index is 6.35. The van der Waals surface area contributed by atoms with E-state index in [2.05, 4.69) is 38.3 Å². The van der Waals surface area contributed by atoms with Gasteiger partial charge >= 0.3 is 0 Å². The number of hydrogen-bond donors (Lipinski definition) is 4. The lowest BCUT2D eigenvalue weighted by Crippen LogP contribution is -2.63. The molecule has 0 heterocycles. The Bertz CT molecular complexity index is 243. The third-order valence-corrected chi connectivity index (χ3v) is 4.54. The van der Waals surface area contributed by atoms with Gasteiger partial charge in [0.15, 0.2) is 0 Å². The zero-order valence-corrected chi connectivity index (χ0v) is 15.6. The molecule has 4 nitrogen and oxygen atoms in total. The molecule has 0 rings (SSSR count). The van der Waals surface area contributed by atoms with Gasteiger partial charge in [-0.2, -0.15) is 0 Å². The highest BCUT2D eigenvalue weighted by molar-refractivity contribution is 4.90. The van der Waals surface area contributed by atoms with Gasteiger partial charge in [-0.05, 0) is 51.6 Å². The van der Waals surface area contributed by atoms with E-state index < -0.39 is 5.66 Å². The van der Waals surface area contributed by atoms with E-state index in [0.29, 0.717) is 6.04 Å². The molecule has 0 amide bonds. The molecule has 0 saturated carbocycles. The van der Waals surface area contributed by atoms with E-state index in [4.69, 9.17) is 11.5 Å². The second-order valence-electron chi connectivity index (χ2n) is 6.69. The second-order valence-corrected chi connectivity index (χ2v) is 6.69. The van der Waals surface area contributed by atoms with Crippen LogP contribution in [0.2, 0.25) is 0 Å². The molecule has 6 N–H and O–H groups in total. The average molecular weight is 315 g/mol. The van der Waals surface area contributed by atoms with E-state index in [0.717, 1.165) is 38.8 Å². The van der Waals surface area contributed by atoms with Crippen molar-refractivity contribution >= 4 is 0 Å². The van der Waals surface area contributed by atoms with Gasteiger partial charge in [0.2, 0.25) is 0 Å². The Hall–Kier alpha value is -0.160. The number of rotatable bonds is 15. The molecule has 0 aliphatic carbocycles. The number of hydrogen-bond acceptors (Lipinski definition) is 4. The standard InChI is InChI=1S/C18H42N4/c1-5-14-21-16(7-3)12-10-9-11-13-18(19,20)17(8-4)22-15-6-2/h16-17,21-22H,5-15,19-20H2,1-4H3. The van der Waals surface area contributed by atoms with Crippen LogP contribution in [-0.4, -0.2) is 30.8 Å². The largest absolute Gasteiger partial charge is 0.314 e. The van der Waals surface area contributed by atoms with Gasteiger partial charge in [0.05, 0.1) is 5.66 Å². The van der Waals surface area contributed by atoms with Crippen molar-refractivity contribution in [1.82, 2.24) is 10.6 Å². The van der Waals surface area contributed by atoms with Crippen molar-refractivity contribution < 1.29 is 0 Å². The van der Waals surface area contributed by atoms with Gasteiger partial charge < -0.3 is 22.1 Å². The first-order chi connectivity index (χ1) is 10.5. The zero-order chi connectivity index (χ0) is 16.8. The number of unbranched alkanes of at least 4 members (excludes halogenated alkanes) is 2. The van der Waals surface area contributed by atoms with Crippen molar-refractivity contribution in [3.8, 4) is 0 Å². The lowest BCUT2D eigenvalue weighted by molar-refractivity contribution is 0.267. The first-order valence-electron chi connectivity index (χ1n) is 9.56. The lowest BCUT2D eigenvalue weighted by Gasteiger charge is -2.34.